The van der Waals surface area contributed by atoms with Crippen molar-refractivity contribution in [2.24, 2.45) is 17.1 Å². The van der Waals surface area contributed by atoms with Crippen molar-refractivity contribution in [1.29, 1.82) is 0 Å². The molecule has 0 heterocycles. The molecule has 2 unspecified atom stereocenters. The zero-order valence-corrected chi connectivity index (χ0v) is 24.0. The topological polar surface area (TPSA) is 135 Å². The lowest BCUT2D eigenvalue weighted by Gasteiger charge is -2.26. The van der Waals surface area contributed by atoms with Gasteiger partial charge in [-0.2, -0.15) is 0 Å². The number of methoxy groups -OCH3 is 2. The molecule has 3 N–H and O–H groups in total. The maximum absolute atomic E-state index is 12.5. The summed E-state index contributed by atoms with van der Waals surface area (Å²) in [6, 6.07) is 12.4. The molecule has 2 rings (SSSR count). The highest BCUT2D eigenvalue weighted by atomic mass is 16.7. The van der Waals surface area contributed by atoms with Crippen LogP contribution < -0.4 is 25.3 Å². The SMILES string of the molecule is COc1cc(C=Cc2ccc(OC(=O)OCCNC(=O)C(CC(C)CC(C)(C)C)OC(N)=O)cc2)cc(OC)c1. The minimum atomic E-state index is -1.03. The Kier molecular flexibility index (Phi) is 12.3. The van der Waals surface area contributed by atoms with Crippen molar-refractivity contribution >= 4 is 30.3 Å². The lowest BCUT2D eigenvalue weighted by atomic mass is 9.83. The van der Waals surface area contributed by atoms with Crippen molar-refractivity contribution < 1.29 is 38.1 Å². The Labute approximate surface area is 235 Å². The molecule has 0 bridgehead atoms. The lowest BCUT2D eigenvalue weighted by molar-refractivity contribution is -0.130. The molecule has 0 aliphatic carbocycles. The molecule has 2 aromatic rings. The van der Waals surface area contributed by atoms with Crippen LogP contribution in [0.1, 0.15) is 51.7 Å². The van der Waals surface area contributed by atoms with Gasteiger partial charge in [-0.25, -0.2) is 9.59 Å². The first-order valence-electron chi connectivity index (χ1n) is 13.0. The summed E-state index contributed by atoms with van der Waals surface area (Å²) in [5, 5.41) is 2.60. The second-order valence-corrected chi connectivity index (χ2v) is 10.6. The molecule has 0 radical (unpaired) electrons. The predicted molar refractivity (Wildman–Crippen MR) is 152 cm³/mol. The van der Waals surface area contributed by atoms with Crippen LogP contribution in [0.2, 0.25) is 0 Å². The number of carbonyl (C=O) groups is 3. The third kappa shape index (κ3) is 12.1. The number of primary amides is 1. The Morgan fingerprint density at radius 3 is 2.08 bits per heavy atom. The highest BCUT2D eigenvalue weighted by molar-refractivity contribution is 5.83. The van der Waals surface area contributed by atoms with Gasteiger partial charge in [-0.1, -0.05) is 52.0 Å². The summed E-state index contributed by atoms with van der Waals surface area (Å²) in [6.07, 6.45) is 2.01. The van der Waals surface area contributed by atoms with Crippen molar-refractivity contribution in [2.45, 2.75) is 46.6 Å². The van der Waals surface area contributed by atoms with Crippen LogP contribution in [-0.2, 0) is 14.3 Å². The first-order chi connectivity index (χ1) is 18.9. The summed E-state index contributed by atoms with van der Waals surface area (Å²) in [6.45, 7) is 8.15. The summed E-state index contributed by atoms with van der Waals surface area (Å²) >= 11 is 0. The van der Waals surface area contributed by atoms with Crippen molar-refractivity contribution in [3.8, 4) is 17.2 Å². The molecule has 0 fully saturated rings. The molecule has 0 saturated carbocycles. The van der Waals surface area contributed by atoms with E-state index in [-0.39, 0.29) is 24.5 Å². The van der Waals surface area contributed by atoms with E-state index in [1.807, 2.05) is 31.2 Å². The van der Waals surface area contributed by atoms with Crippen LogP contribution in [0.25, 0.3) is 12.2 Å². The first-order valence-corrected chi connectivity index (χ1v) is 13.0. The maximum atomic E-state index is 12.5. The number of hydrogen-bond acceptors (Lipinski definition) is 8. The number of hydrogen-bond donors (Lipinski definition) is 2. The van der Waals surface area contributed by atoms with Crippen LogP contribution >= 0.6 is 0 Å². The molecule has 0 spiro atoms. The Morgan fingerprint density at radius 1 is 0.925 bits per heavy atom. The van der Waals surface area contributed by atoms with Crippen LogP contribution in [0.3, 0.4) is 0 Å². The van der Waals surface area contributed by atoms with E-state index in [2.05, 4.69) is 26.1 Å². The fourth-order valence-electron chi connectivity index (χ4n) is 4.16. The average molecular weight is 557 g/mol. The fourth-order valence-corrected chi connectivity index (χ4v) is 4.16. The largest absolute Gasteiger partial charge is 0.513 e. The molecule has 218 valence electrons. The lowest BCUT2D eigenvalue weighted by Crippen LogP contribution is -2.41. The van der Waals surface area contributed by atoms with Crippen LogP contribution in [0.4, 0.5) is 9.59 Å². The molecular formula is C30H40N2O8. The number of rotatable bonds is 13. The van der Waals surface area contributed by atoms with E-state index in [1.54, 1.807) is 44.6 Å². The number of amides is 2. The van der Waals surface area contributed by atoms with E-state index >= 15 is 0 Å². The van der Waals surface area contributed by atoms with Crippen molar-refractivity contribution in [3.63, 3.8) is 0 Å². The van der Waals surface area contributed by atoms with E-state index in [0.29, 0.717) is 23.7 Å². The summed E-state index contributed by atoms with van der Waals surface area (Å²) < 4.78 is 25.8. The van der Waals surface area contributed by atoms with Gasteiger partial charge in [0.25, 0.3) is 5.91 Å². The molecule has 10 heteroatoms. The monoisotopic (exact) mass is 556 g/mol. The minimum Gasteiger partial charge on any atom is -0.497 e. The quantitative estimate of drug-likeness (QED) is 0.144. The molecule has 2 aromatic carbocycles. The van der Waals surface area contributed by atoms with Crippen molar-refractivity contribution in [2.75, 3.05) is 27.4 Å². The van der Waals surface area contributed by atoms with Gasteiger partial charge in [0.2, 0.25) is 0 Å². The number of nitrogens with one attached hydrogen (secondary N) is 1. The van der Waals surface area contributed by atoms with Gasteiger partial charge in [-0.3, -0.25) is 4.79 Å². The number of ether oxygens (including phenoxy) is 5. The third-order valence-electron chi connectivity index (χ3n) is 5.67. The van der Waals surface area contributed by atoms with Gasteiger partial charge in [-0.05, 0) is 59.6 Å². The second kappa shape index (κ2) is 15.4. The zero-order valence-electron chi connectivity index (χ0n) is 24.0. The van der Waals surface area contributed by atoms with Gasteiger partial charge in [0, 0.05) is 6.07 Å². The maximum Gasteiger partial charge on any atom is 0.513 e. The van der Waals surface area contributed by atoms with Gasteiger partial charge in [-0.15, -0.1) is 0 Å². The molecular weight excluding hydrogens is 516 g/mol. The van der Waals surface area contributed by atoms with Crippen molar-refractivity contribution in [3.05, 3.63) is 53.6 Å². The smallest absolute Gasteiger partial charge is 0.497 e. The summed E-state index contributed by atoms with van der Waals surface area (Å²) in [7, 11) is 3.19. The predicted octanol–water partition coefficient (Wildman–Crippen LogP) is 5.43. The van der Waals surface area contributed by atoms with Crippen LogP contribution in [-0.4, -0.2) is 51.6 Å². The fraction of sp³-hybridized carbons (Fsp3) is 0.433. The second-order valence-electron chi connectivity index (χ2n) is 10.6. The van der Waals surface area contributed by atoms with E-state index in [4.69, 9.17) is 29.4 Å². The number of carbonyl (C=O) groups excluding carboxylic acids is 3. The standard InChI is InChI=1S/C30H40N2O8/c1-20(19-30(2,3)4)15-26(40-28(31)34)27(33)32-13-14-38-29(35)39-23-11-9-21(10-12-23)7-8-22-16-24(36-5)18-25(17-22)37-6/h7-12,16-18,20,26H,13-15,19H2,1-6H3,(H2,31,34)(H,32,33). The third-order valence-corrected chi connectivity index (χ3v) is 5.67. The zero-order chi connectivity index (χ0) is 29.7. The average Bonchev–Trinajstić information content (AvgIpc) is 2.88. The normalized spacial score (nSPS) is 12.8. The van der Waals surface area contributed by atoms with Gasteiger partial charge in [0.15, 0.2) is 6.10 Å². The molecule has 10 nitrogen and oxygen atoms in total. The highest BCUT2D eigenvalue weighted by Crippen LogP contribution is 2.27. The summed E-state index contributed by atoms with van der Waals surface area (Å²) in [5.41, 5.74) is 6.98. The molecule has 0 aliphatic rings. The van der Waals surface area contributed by atoms with E-state index < -0.39 is 24.3 Å². The summed E-state index contributed by atoms with van der Waals surface area (Å²) in [4.78, 5) is 35.8. The molecule has 0 aromatic heterocycles. The van der Waals surface area contributed by atoms with E-state index in [1.165, 1.54) is 0 Å². The van der Waals surface area contributed by atoms with Crippen molar-refractivity contribution in [1.82, 2.24) is 5.32 Å². The molecule has 2 amide bonds. The van der Waals surface area contributed by atoms with E-state index in [9.17, 15) is 14.4 Å². The first kappa shape index (κ1) is 32.0. The van der Waals surface area contributed by atoms with E-state index in [0.717, 1.165) is 17.5 Å². The number of benzene rings is 2. The Bertz CT molecular complexity index is 1130. The van der Waals surface area contributed by atoms with Gasteiger partial charge >= 0.3 is 12.2 Å². The molecule has 2 atom stereocenters. The molecule has 40 heavy (non-hydrogen) atoms. The Balaban J connectivity index is 1.80. The van der Waals surface area contributed by atoms with Gasteiger partial charge in [0.05, 0.1) is 20.8 Å². The summed E-state index contributed by atoms with van der Waals surface area (Å²) in [5.74, 6) is 1.29. The number of nitrogens with two attached hydrogens (primary N) is 1. The Hall–Kier alpha value is -4.21. The van der Waals surface area contributed by atoms with Gasteiger partial charge in [0.1, 0.15) is 23.9 Å². The van der Waals surface area contributed by atoms with Crippen LogP contribution in [0.5, 0.6) is 17.2 Å². The Morgan fingerprint density at radius 2 is 1.52 bits per heavy atom. The minimum absolute atomic E-state index is 0.0129. The van der Waals surface area contributed by atoms with Gasteiger partial charge < -0.3 is 34.7 Å². The van der Waals surface area contributed by atoms with Crippen LogP contribution in [0.15, 0.2) is 42.5 Å². The van der Waals surface area contributed by atoms with Crippen LogP contribution in [0, 0.1) is 11.3 Å². The molecule has 0 saturated heterocycles. The highest BCUT2D eigenvalue weighted by Gasteiger charge is 2.26. The molecule has 0 aliphatic heterocycles.